The largest absolute Gasteiger partial charge is 0.481 e. The molecule has 1 amide bonds. The van der Waals surface area contributed by atoms with Gasteiger partial charge in [0.25, 0.3) is 5.91 Å². The number of carbonyl (C=O) groups excluding carboxylic acids is 1. The average molecular weight is 368 g/mol. The zero-order valence-electron chi connectivity index (χ0n) is 14.2. The first-order valence-electron chi connectivity index (χ1n) is 7.74. The first kappa shape index (κ1) is 19.3. The van der Waals surface area contributed by atoms with Gasteiger partial charge in [-0.1, -0.05) is 5.21 Å². The summed E-state index contributed by atoms with van der Waals surface area (Å²) in [4.78, 5) is 24.3. The number of nitrogens with zero attached hydrogens (tertiary/aromatic N) is 4. The molecule has 1 aromatic heterocycles. The number of amides is 1. The van der Waals surface area contributed by atoms with Crippen molar-refractivity contribution in [2.45, 2.75) is 26.4 Å². The highest BCUT2D eigenvalue weighted by molar-refractivity contribution is 5.93. The Balaban J connectivity index is 2.11. The Hall–Kier alpha value is -3.04. The Morgan fingerprint density at radius 3 is 2.54 bits per heavy atom. The molecule has 0 saturated heterocycles. The summed E-state index contributed by atoms with van der Waals surface area (Å²) in [5.41, 5.74) is 1.14. The van der Waals surface area contributed by atoms with Gasteiger partial charge in [-0.25, -0.2) is 4.68 Å². The third-order valence-corrected chi connectivity index (χ3v) is 3.63. The average Bonchev–Trinajstić information content (AvgIpc) is 2.95. The van der Waals surface area contributed by atoms with Crippen molar-refractivity contribution in [1.29, 1.82) is 0 Å². The smallest absolute Gasteiger partial charge is 0.387 e. The fraction of sp³-hybridized carbons (Fsp3) is 0.375. The van der Waals surface area contributed by atoms with Crippen molar-refractivity contribution in [2.75, 3.05) is 13.6 Å². The maximum absolute atomic E-state index is 12.4. The highest BCUT2D eigenvalue weighted by atomic mass is 19.3. The molecule has 0 aliphatic carbocycles. The molecule has 1 N–H and O–H groups in total. The van der Waals surface area contributed by atoms with Crippen LogP contribution in [0.4, 0.5) is 8.78 Å². The molecule has 140 valence electrons. The second kappa shape index (κ2) is 8.37. The van der Waals surface area contributed by atoms with E-state index in [9.17, 15) is 18.4 Å². The number of aliphatic carboxylic acids is 1. The van der Waals surface area contributed by atoms with E-state index in [1.165, 1.54) is 33.8 Å². The van der Waals surface area contributed by atoms with Crippen LogP contribution in [-0.2, 0) is 4.79 Å². The molecule has 2 aromatic rings. The number of ether oxygens (including phenoxy) is 1. The predicted octanol–water partition coefficient (Wildman–Crippen LogP) is 2.11. The Morgan fingerprint density at radius 2 is 1.96 bits per heavy atom. The van der Waals surface area contributed by atoms with E-state index in [1.54, 1.807) is 14.0 Å². The fourth-order valence-corrected chi connectivity index (χ4v) is 2.29. The molecule has 2 rings (SSSR count). The van der Waals surface area contributed by atoms with E-state index in [2.05, 4.69) is 15.0 Å². The van der Waals surface area contributed by atoms with Crippen LogP contribution >= 0.6 is 0 Å². The van der Waals surface area contributed by atoms with Crippen LogP contribution in [0, 0.1) is 6.92 Å². The van der Waals surface area contributed by atoms with Gasteiger partial charge in [0, 0.05) is 20.0 Å². The number of aromatic nitrogens is 3. The number of halogens is 2. The second-order valence-corrected chi connectivity index (χ2v) is 5.53. The number of carboxylic acid groups (broad SMARTS) is 1. The molecule has 10 heteroatoms. The molecule has 0 atom stereocenters. The maximum atomic E-state index is 12.4. The van der Waals surface area contributed by atoms with Gasteiger partial charge in [-0.2, -0.15) is 8.78 Å². The van der Waals surface area contributed by atoms with Gasteiger partial charge < -0.3 is 14.7 Å². The Morgan fingerprint density at radius 1 is 1.31 bits per heavy atom. The normalized spacial score (nSPS) is 10.8. The van der Waals surface area contributed by atoms with Gasteiger partial charge in [0.15, 0.2) is 5.69 Å². The summed E-state index contributed by atoms with van der Waals surface area (Å²) in [5.74, 6) is -1.29. The van der Waals surface area contributed by atoms with E-state index in [0.29, 0.717) is 17.8 Å². The van der Waals surface area contributed by atoms with Crippen molar-refractivity contribution < 1.29 is 28.2 Å². The summed E-state index contributed by atoms with van der Waals surface area (Å²) >= 11 is 0. The van der Waals surface area contributed by atoms with E-state index in [0.717, 1.165) is 0 Å². The lowest BCUT2D eigenvalue weighted by Crippen LogP contribution is -2.29. The minimum absolute atomic E-state index is 0.0102. The van der Waals surface area contributed by atoms with Crippen LogP contribution in [0.3, 0.4) is 0 Å². The summed E-state index contributed by atoms with van der Waals surface area (Å²) in [5, 5.41) is 16.4. The van der Waals surface area contributed by atoms with Crippen molar-refractivity contribution in [2.24, 2.45) is 0 Å². The Bertz CT molecular complexity index is 777. The highest BCUT2D eigenvalue weighted by Gasteiger charge is 2.20. The molecule has 1 heterocycles. The third kappa shape index (κ3) is 4.74. The molecular formula is C16H18F2N4O4. The predicted molar refractivity (Wildman–Crippen MR) is 86.6 cm³/mol. The van der Waals surface area contributed by atoms with Crippen molar-refractivity contribution in [3.63, 3.8) is 0 Å². The first-order chi connectivity index (χ1) is 12.3. The minimum Gasteiger partial charge on any atom is -0.481 e. The van der Waals surface area contributed by atoms with Gasteiger partial charge in [0.1, 0.15) is 5.75 Å². The fourth-order valence-electron chi connectivity index (χ4n) is 2.29. The number of hydrogen-bond acceptors (Lipinski definition) is 5. The summed E-state index contributed by atoms with van der Waals surface area (Å²) in [7, 11) is 1.55. The molecule has 0 fully saturated rings. The molecule has 0 bridgehead atoms. The summed E-state index contributed by atoms with van der Waals surface area (Å²) in [6, 6.07) is 5.76. The van der Waals surface area contributed by atoms with Crippen LogP contribution < -0.4 is 4.74 Å². The van der Waals surface area contributed by atoms with Crippen LogP contribution in [0.25, 0.3) is 5.69 Å². The molecule has 26 heavy (non-hydrogen) atoms. The number of benzene rings is 1. The van der Waals surface area contributed by atoms with E-state index in [4.69, 9.17) is 5.11 Å². The molecule has 8 nitrogen and oxygen atoms in total. The van der Waals surface area contributed by atoms with Crippen molar-refractivity contribution >= 4 is 11.9 Å². The molecular weight excluding hydrogens is 350 g/mol. The van der Waals surface area contributed by atoms with Crippen LogP contribution in [0.5, 0.6) is 5.75 Å². The Labute approximate surface area is 148 Å². The lowest BCUT2D eigenvalue weighted by molar-refractivity contribution is -0.137. The first-order valence-corrected chi connectivity index (χ1v) is 7.74. The highest BCUT2D eigenvalue weighted by Crippen LogP contribution is 2.19. The van der Waals surface area contributed by atoms with Crippen LogP contribution in [-0.4, -0.2) is 57.1 Å². The quantitative estimate of drug-likeness (QED) is 0.766. The van der Waals surface area contributed by atoms with Crippen LogP contribution in [0.2, 0.25) is 0 Å². The van der Waals surface area contributed by atoms with Gasteiger partial charge >= 0.3 is 12.6 Å². The van der Waals surface area contributed by atoms with Crippen LogP contribution in [0.1, 0.15) is 29.0 Å². The lowest BCUT2D eigenvalue weighted by Gasteiger charge is -2.15. The van der Waals surface area contributed by atoms with Gasteiger partial charge in [-0.05, 0) is 37.6 Å². The molecule has 0 aliphatic rings. The number of carbonyl (C=O) groups is 2. The molecule has 0 unspecified atom stereocenters. The molecule has 0 saturated carbocycles. The van der Waals surface area contributed by atoms with Gasteiger partial charge in [-0.3, -0.25) is 9.59 Å². The lowest BCUT2D eigenvalue weighted by atomic mass is 10.2. The van der Waals surface area contributed by atoms with Crippen molar-refractivity contribution in [3.05, 3.63) is 35.7 Å². The summed E-state index contributed by atoms with van der Waals surface area (Å²) in [6.45, 7) is -0.978. The number of alkyl halides is 2. The second-order valence-electron chi connectivity index (χ2n) is 5.53. The van der Waals surface area contributed by atoms with Gasteiger partial charge in [0.2, 0.25) is 0 Å². The molecule has 0 aliphatic heterocycles. The SMILES string of the molecule is Cc1c(C(=O)N(C)CCCC(=O)O)nnn1-c1ccc(OC(F)F)cc1. The maximum Gasteiger partial charge on any atom is 0.387 e. The van der Waals surface area contributed by atoms with E-state index in [1.807, 2.05) is 0 Å². The number of hydrogen-bond donors (Lipinski definition) is 1. The van der Waals surface area contributed by atoms with E-state index in [-0.39, 0.29) is 30.3 Å². The topological polar surface area (TPSA) is 97.5 Å². The van der Waals surface area contributed by atoms with E-state index >= 15 is 0 Å². The third-order valence-electron chi connectivity index (χ3n) is 3.63. The molecule has 0 spiro atoms. The van der Waals surface area contributed by atoms with E-state index < -0.39 is 12.6 Å². The molecule has 0 radical (unpaired) electrons. The standard InChI is InChI=1S/C16H18F2N4O4/c1-10-14(15(25)21(2)9-3-4-13(23)24)19-20-22(10)11-5-7-12(8-6-11)26-16(17)18/h5-8,16H,3-4,9H2,1-2H3,(H,23,24). The van der Waals surface area contributed by atoms with Crippen molar-refractivity contribution in [1.82, 2.24) is 19.9 Å². The van der Waals surface area contributed by atoms with Gasteiger partial charge in [-0.15, -0.1) is 5.10 Å². The summed E-state index contributed by atoms with van der Waals surface area (Å²) in [6.07, 6.45) is 0.298. The summed E-state index contributed by atoms with van der Waals surface area (Å²) < 4.78 is 30.1. The van der Waals surface area contributed by atoms with Gasteiger partial charge in [0.05, 0.1) is 11.4 Å². The molecule has 1 aromatic carbocycles. The Kier molecular flexibility index (Phi) is 6.21. The minimum atomic E-state index is -2.91. The number of rotatable bonds is 8. The monoisotopic (exact) mass is 368 g/mol. The van der Waals surface area contributed by atoms with Crippen molar-refractivity contribution in [3.8, 4) is 11.4 Å². The number of carboxylic acids is 1. The van der Waals surface area contributed by atoms with Crippen LogP contribution in [0.15, 0.2) is 24.3 Å². The zero-order valence-corrected chi connectivity index (χ0v) is 14.2. The zero-order chi connectivity index (χ0) is 19.3.